The minimum absolute atomic E-state index is 0.0428. The van der Waals surface area contributed by atoms with E-state index < -0.39 is 21.7 Å². The Morgan fingerprint density at radius 1 is 1.10 bits per heavy atom. The molecule has 1 aliphatic heterocycles. The summed E-state index contributed by atoms with van der Waals surface area (Å²) in [6.45, 7) is 0.462. The Morgan fingerprint density at radius 3 is 2.59 bits per heavy atom. The molecule has 2 aromatic rings. The van der Waals surface area contributed by atoms with Crippen LogP contribution in [0.4, 0.5) is 5.69 Å². The van der Waals surface area contributed by atoms with E-state index in [1.807, 2.05) is 6.07 Å². The normalized spacial score (nSPS) is 21.3. The lowest BCUT2D eigenvalue weighted by atomic mass is 9.86. The minimum Gasteiger partial charge on any atom is -0.344 e. The lowest BCUT2D eigenvalue weighted by Gasteiger charge is -2.19. The van der Waals surface area contributed by atoms with Crippen molar-refractivity contribution in [1.29, 1.82) is 0 Å². The van der Waals surface area contributed by atoms with Crippen LogP contribution in [0, 0.1) is 5.92 Å². The first-order chi connectivity index (χ1) is 13.8. The molecule has 1 heterocycles. The van der Waals surface area contributed by atoms with E-state index in [0.717, 1.165) is 31.1 Å². The minimum atomic E-state index is -3.51. The van der Waals surface area contributed by atoms with E-state index in [0.29, 0.717) is 6.54 Å². The van der Waals surface area contributed by atoms with E-state index in [1.54, 1.807) is 30.1 Å². The third-order valence-corrected chi connectivity index (χ3v) is 7.05. The van der Waals surface area contributed by atoms with E-state index in [2.05, 4.69) is 17.4 Å². The lowest BCUT2D eigenvalue weighted by molar-refractivity contribution is -0.135. The Labute approximate surface area is 170 Å². The molecule has 29 heavy (non-hydrogen) atoms. The summed E-state index contributed by atoms with van der Waals surface area (Å²) in [5.74, 6) is -1.86. The fourth-order valence-corrected chi connectivity index (χ4v) is 5.26. The fraction of sp³-hybridized carbons (Fsp3) is 0.364. The highest BCUT2D eigenvalue weighted by atomic mass is 32.2. The highest BCUT2D eigenvalue weighted by Gasteiger charge is 2.44. The third kappa shape index (κ3) is 3.67. The average molecular weight is 413 g/mol. The summed E-state index contributed by atoms with van der Waals surface area (Å²) in [7, 11) is -1.81. The lowest BCUT2D eigenvalue weighted by Crippen LogP contribution is -2.33. The van der Waals surface area contributed by atoms with E-state index in [1.165, 1.54) is 17.2 Å². The number of sulfone groups is 1. The summed E-state index contributed by atoms with van der Waals surface area (Å²) >= 11 is 0. The number of hydrogen-bond donors (Lipinski definition) is 1. The monoisotopic (exact) mass is 412 g/mol. The van der Waals surface area contributed by atoms with Gasteiger partial charge in [-0.1, -0.05) is 30.3 Å². The Hall–Kier alpha value is -2.67. The number of likely N-dealkylation sites (N-methyl/N-ethyl adjacent to an activating group) is 1. The number of hydrogen-bond acceptors (Lipinski definition) is 4. The molecule has 2 atom stereocenters. The summed E-state index contributed by atoms with van der Waals surface area (Å²) in [4.78, 5) is 27.5. The highest BCUT2D eigenvalue weighted by molar-refractivity contribution is 7.90. The molecular formula is C22H24N2O4S. The Kier molecular flexibility index (Phi) is 4.94. The first kappa shape index (κ1) is 19.6. The van der Waals surface area contributed by atoms with E-state index in [4.69, 9.17) is 0 Å². The Bertz CT molecular complexity index is 1090. The van der Waals surface area contributed by atoms with Crippen molar-refractivity contribution in [1.82, 2.24) is 4.90 Å². The van der Waals surface area contributed by atoms with Gasteiger partial charge in [-0.2, -0.15) is 0 Å². The molecule has 2 amide bonds. The van der Waals surface area contributed by atoms with Crippen molar-refractivity contribution in [2.45, 2.75) is 30.1 Å². The molecule has 4 rings (SSSR count). The van der Waals surface area contributed by atoms with Crippen LogP contribution in [0.2, 0.25) is 0 Å². The maximum atomic E-state index is 13.1. The van der Waals surface area contributed by atoms with Crippen LogP contribution in [-0.2, 0) is 32.3 Å². The van der Waals surface area contributed by atoms with Crippen molar-refractivity contribution in [3.05, 3.63) is 59.2 Å². The molecule has 0 aromatic heterocycles. The second kappa shape index (κ2) is 7.30. The van der Waals surface area contributed by atoms with Crippen molar-refractivity contribution in [2.75, 3.05) is 25.2 Å². The first-order valence-corrected chi connectivity index (χ1v) is 11.6. The van der Waals surface area contributed by atoms with Crippen LogP contribution in [-0.4, -0.2) is 45.0 Å². The molecule has 2 aromatic carbocycles. The number of likely N-dealkylation sites (tertiary alicyclic amines) is 1. The number of nitrogens with one attached hydrogen (secondary N) is 1. The summed E-state index contributed by atoms with van der Waals surface area (Å²) in [5.41, 5.74) is 3.83. The summed E-state index contributed by atoms with van der Waals surface area (Å²) in [6, 6.07) is 12.5. The van der Waals surface area contributed by atoms with Gasteiger partial charge in [0.05, 0.1) is 10.6 Å². The van der Waals surface area contributed by atoms with Gasteiger partial charge in [-0.3, -0.25) is 9.59 Å². The maximum Gasteiger partial charge on any atom is 0.237 e. The number of nitrogens with zero attached hydrogens (tertiary/aromatic N) is 1. The molecular weight excluding hydrogens is 388 g/mol. The van der Waals surface area contributed by atoms with Crippen LogP contribution in [0.15, 0.2) is 47.4 Å². The Balaban J connectivity index is 1.65. The zero-order valence-corrected chi connectivity index (χ0v) is 17.3. The number of carbonyl (C=O) groups is 2. The summed E-state index contributed by atoms with van der Waals surface area (Å²) in [5, 5.41) is 2.70. The van der Waals surface area contributed by atoms with Gasteiger partial charge in [0.25, 0.3) is 0 Å². The number of aryl methyl sites for hydroxylation is 2. The molecule has 1 N–H and O–H groups in total. The number of amides is 2. The van der Waals surface area contributed by atoms with E-state index in [-0.39, 0.29) is 22.4 Å². The van der Waals surface area contributed by atoms with Crippen molar-refractivity contribution >= 4 is 27.3 Å². The SMILES string of the molecule is CN1C[C@H](c2ccc3c(c2)CCC3)[C@@H](C(=O)Nc2ccccc2S(C)(=O)=O)C1=O. The van der Waals surface area contributed by atoms with Crippen LogP contribution < -0.4 is 5.32 Å². The summed E-state index contributed by atoms with van der Waals surface area (Å²) in [6.07, 6.45) is 4.33. The van der Waals surface area contributed by atoms with Gasteiger partial charge >= 0.3 is 0 Å². The highest BCUT2D eigenvalue weighted by Crippen LogP contribution is 2.36. The van der Waals surface area contributed by atoms with Crippen molar-refractivity contribution in [2.24, 2.45) is 5.92 Å². The molecule has 0 spiro atoms. The predicted octanol–water partition coefficient (Wildman–Crippen LogP) is 2.39. The number of para-hydroxylation sites is 1. The number of benzene rings is 2. The van der Waals surface area contributed by atoms with Crippen molar-refractivity contribution in [3.63, 3.8) is 0 Å². The second-order valence-electron chi connectivity index (χ2n) is 7.94. The molecule has 1 aliphatic carbocycles. The van der Waals surface area contributed by atoms with E-state index in [9.17, 15) is 18.0 Å². The van der Waals surface area contributed by atoms with Crippen LogP contribution in [0.5, 0.6) is 0 Å². The van der Waals surface area contributed by atoms with Gasteiger partial charge in [-0.25, -0.2) is 8.42 Å². The molecule has 0 unspecified atom stereocenters. The molecule has 152 valence electrons. The van der Waals surface area contributed by atoms with Crippen molar-refractivity contribution in [3.8, 4) is 0 Å². The molecule has 0 saturated carbocycles. The van der Waals surface area contributed by atoms with Gasteiger partial charge < -0.3 is 10.2 Å². The number of anilines is 1. The van der Waals surface area contributed by atoms with Gasteiger partial charge in [-0.05, 0) is 48.1 Å². The third-order valence-electron chi connectivity index (χ3n) is 5.89. The predicted molar refractivity (Wildman–Crippen MR) is 111 cm³/mol. The van der Waals surface area contributed by atoms with E-state index >= 15 is 0 Å². The fourth-order valence-electron chi connectivity index (χ4n) is 4.42. The van der Waals surface area contributed by atoms with Crippen LogP contribution in [0.25, 0.3) is 0 Å². The molecule has 0 bridgehead atoms. The number of rotatable bonds is 4. The topological polar surface area (TPSA) is 83.6 Å². The van der Waals surface area contributed by atoms with Gasteiger partial charge in [-0.15, -0.1) is 0 Å². The molecule has 0 radical (unpaired) electrons. The quantitative estimate of drug-likeness (QED) is 0.782. The molecule has 2 aliphatic rings. The number of fused-ring (bicyclic) bond motifs is 1. The maximum absolute atomic E-state index is 13.1. The smallest absolute Gasteiger partial charge is 0.237 e. The van der Waals surface area contributed by atoms with Crippen LogP contribution in [0.1, 0.15) is 29.0 Å². The molecule has 1 fully saturated rings. The Morgan fingerprint density at radius 2 is 1.83 bits per heavy atom. The van der Waals surface area contributed by atoms with Gasteiger partial charge in [0.2, 0.25) is 11.8 Å². The first-order valence-electron chi connectivity index (χ1n) is 9.72. The van der Waals surface area contributed by atoms with Gasteiger partial charge in [0.15, 0.2) is 9.84 Å². The summed E-state index contributed by atoms with van der Waals surface area (Å²) < 4.78 is 24.1. The zero-order chi connectivity index (χ0) is 20.8. The van der Waals surface area contributed by atoms with Crippen LogP contribution in [0.3, 0.4) is 0 Å². The van der Waals surface area contributed by atoms with Crippen LogP contribution >= 0.6 is 0 Å². The second-order valence-corrected chi connectivity index (χ2v) is 9.93. The molecule has 7 heteroatoms. The largest absolute Gasteiger partial charge is 0.344 e. The van der Waals surface area contributed by atoms with Gasteiger partial charge in [0.1, 0.15) is 5.92 Å². The molecule has 1 saturated heterocycles. The van der Waals surface area contributed by atoms with Gasteiger partial charge in [0, 0.05) is 25.8 Å². The van der Waals surface area contributed by atoms with Crippen molar-refractivity contribution < 1.29 is 18.0 Å². The molecule has 6 nitrogen and oxygen atoms in total. The standard InChI is InChI=1S/C22H24N2O4S/c1-24-13-17(16-11-10-14-6-5-7-15(14)12-16)20(22(24)26)21(25)23-18-8-3-4-9-19(18)29(2,27)28/h3-4,8-12,17,20H,5-7,13H2,1-2H3,(H,23,25)/t17-,20+/m1/s1. The average Bonchev–Trinajstić information content (AvgIpc) is 3.25. The number of carbonyl (C=O) groups excluding carboxylic acids is 2. The zero-order valence-electron chi connectivity index (χ0n) is 16.5.